The Morgan fingerprint density at radius 2 is 1.95 bits per heavy atom. The second-order valence-corrected chi connectivity index (χ2v) is 6.75. The average Bonchev–Trinajstić information content (AvgIpc) is 3.16. The molecule has 1 saturated carbocycles. The van der Waals surface area contributed by atoms with Crippen LogP contribution in [0.1, 0.15) is 63.5 Å². The van der Waals surface area contributed by atoms with Crippen molar-refractivity contribution in [3.63, 3.8) is 0 Å². The lowest BCUT2D eigenvalue weighted by Gasteiger charge is -2.13. The van der Waals surface area contributed by atoms with Crippen LogP contribution >= 0.6 is 11.6 Å². The molecule has 2 rings (SSSR count). The van der Waals surface area contributed by atoms with E-state index in [1.165, 1.54) is 31.2 Å². The summed E-state index contributed by atoms with van der Waals surface area (Å²) in [5.41, 5.74) is 1.93. The standard InChI is InChI=1S/C17H24ClF/c1-11(2)15-9-13(10-16(18)17(15)19)6-4-5-12(3)14-7-8-14/h9-12,14H,4-8H2,1-3H3/t12-/m1/s1. The summed E-state index contributed by atoms with van der Waals surface area (Å²) in [6, 6.07) is 3.79. The molecule has 0 aromatic heterocycles. The SMILES string of the molecule is CC(C)c1cc(CCC[C@@H](C)C2CC2)cc(Cl)c1F. The first kappa shape index (κ1) is 14.8. The quantitative estimate of drug-likeness (QED) is 0.603. The van der Waals surface area contributed by atoms with Crippen LogP contribution in [0.5, 0.6) is 0 Å². The van der Waals surface area contributed by atoms with E-state index < -0.39 is 0 Å². The Balaban J connectivity index is 1.95. The zero-order valence-corrected chi connectivity index (χ0v) is 12.9. The van der Waals surface area contributed by atoms with Gasteiger partial charge in [0.1, 0.15) is 5.82 Å². The predicted octanol–water partition coefficient (Wildman–Crippen LogP) is 5.97. The highest BCUT2D eigenvalue weighted by atomic mass is 35.5. The van der Waals surface area contributed by atoms with E-state index >= 15 is 0 Å². The molecule has 0 radical (unpaired) electrons. The zero-order chi connectivity index (χ0) is 14.0. The van der Waals surface area contributed by atoms with Gasteiger partial charge in [-0.1, -0.05) is 44.9 Å². The fourth-order valence-corrected chi connectivity index (χ4v) is 3.01. The van der Waals surface area contributed by atoms with Crippen molar-refractivity contribution in [1.29, 1.82) is 0 Å². The molecule has 2 heteroatoms. The molecule has 1 aliphatic rings. The van der Waals surface area contributed by atoms with E-state index in [-0.39, 0.29) is 16.8 Å². The Hall–Kier alpha value is -0.560. The number of aryl methyl sites for hydroxylation is 1. The van der Waals surface area contributed by atoms with E-state index in [1.807, 2.05) is 19.9 Å². The van der Waals surface area contributed by atoms with Gasteiger partial charge >= 0.3 is 0 Å². The van der Waals surface area contributed by atoms with Gasteiger partial charge in [0.2, 0.25) is 0 Å². The highest BCUT2D eigenvalue weighted by molar-refractivity contribution is 6.30. The lowest BCUT2D eigenvalue weighted by atomic mass is 9.95. The van der Waals surface area contributed by atoms with Crippen molar-refractivity contribution in [3.8, 4) is 0 Å². The first-order chi connectivity index (χ1) is 8.99. The molecule has 19 heavy (non-hydrogen) atoms. The highest BCUT2D eigenvalue weighted by Crippen LogP contribution is 2.39. The largest absolute Gasteiger partial charge is 0.205 e. The van der Waals surface area contributed by atoms with Gasteiger partial charge in [-0.2, -0.15) is 0 Å². The van der Waals surface area contributed by atoms with Gasteiger partial charge in [0.05, 0.1) is 5.02 Å². The lowest BCUT2D eigenvalue weighted by molar-refractivity contribution is 0.454. The van der Waals surface area contributed by atoms with Crippen LogP contribution in [-0.2, 0) is 6.42 Å². The summed E-state index contributed by atoms with van der Waals surface area (Å²) in [6.07, 6.45) is 6.30. The summed E-state index contributed by atoms with van der Waals surface area (Å²) in [7, 11) is 0. The summed E-state index contributed by atoms with van der Waals surface area (Å²) in [4.78, 5) is 0. The van der Waals surface area contributed by atoms with Crippen LogP contribution in [0.2, 0.25) is 5.02 Å². The Morgan fingerprint density at radius 1 is 1.26 bits per heavy atom. The van der Waals surface area contributed by atoms with Crippen molar-refractivity contribution < 1.29 is 4.39 Å². The average molecular weight is 283 g/mol. The first-order valence-electron chi connectivity index (χ1n) is 7.47. The van der Waals surface area contributed by atoms with Crippen LogP contribution in [0.3, 0.4) is 0 Å². The molecule has 1 atom stereocenters. The zero-order valence-electron chi connectivity index (χ0n) is 12.2. The third-order valence-corrected chi connectivity index (χ3v) is 4.56. The Kier molecular flexibility index (Phi) is 4.89. The fraction of sp³-hybridized carbons (Fsp3) is 0.647. The second-order valence-electron chi connectivity index (χ2n) is 6.34. The van der Waals surface area contributed by atoms with Gasteiger partial charge in [0.15, 0.2) is 0 Å². The molecule has 0 amide bonds. The molecule has 0 saturated heterocycles. The molecule has 0 spiro atoms. The van der Waals surface area contributed by atoms with E-state index in [9.17, 15) is 4.39 Å². The van der Waals surface area contributed by atoms with Gasteiger partial charge < -0.3 is 0 Å². The van der Waals surface area contributed by atoms with Gasteiger partial charge in [0, 0.05) is 0 Å². The van der Waals surface area contributed by atoms with Crippen molar-refractivity contribution >= 4 is 11.6 Å². The smallest absolute Gasteiger partial charge is 0.145 e. The van der Waals surface area contributed by atoms with Crippen LogP contribution in [0.25, 0.3) is 0 Å². The number of hydrogen-bond acceptors (Lipinski definition) is 0. The van der Waals surface area contributed by atoms with Gasteiger partial charge in [-0.15, -0.1) is 0 Å². The lowest BCUT2D eigenvalue weighted by Crippen LogP contribution is -2.00. The Bertz CT molecular complexity index is 435. The molecule has 0 unspecified atom stereocenters. The number of hydrogen-bond donors (Lipinski definition) is 0. The monoisotopic (exact) mass is 282 g/mol. The summed E-state index contributed by atoms with van der Waals surface area (Å²) in [6.45, 7) is 6.37. The maximum atomic E-state index is 13.9. The van der Waals surface area contributed by atoms with Crippen molar-refractivity contribution in [1.82, 2.24) is 0 Å². The molecule has 0 nitrogen and oxygen atoms in total. The number of halogens is 2. The van der Waals surface area contributed by atoms with Gasteiger partial charge in [-0.3, -0.25) is 0 Å². The minimum Gasteiger partial charge on any atom is -0.205 e. The molecule has 1 aliphatic carbocycles. The third-order valence-electron chi connectivity index (χ3n) is 4.29. The van der Waals surface area contributed by atoms with Gasteiger partial charge in [-0.05, 0) is 60.6 Å². The molecule has 0 bridgehead atoms. The van der Waals surface area contributed by atoms with Crippen LogP contribution < -0.4 is 0 Å². The van der Waals surface area contributed by atoms with Crippen molar-refractivity contribution in [2.75, 3.05) is 0 Å². The number of benzene rings is 1. The van der Waals surface area contributed by atoms with E-state index in [0.717, 1.165) is 23.8 Å². The summed E-state index contributed by atoms with van der Waals surface area (Å²) < 4.78 is 13.9. The molecule has 0 N–H and O–H groups in total. The Labute approximate surface area is 121 Å². The molecule has 0 heterocycles. The van der Waals surface area contributed by atoms with E-state index in [4.69, 9.17) is 11.6 Å². The summed E-state index contributed by atoms with van der Waals surface area (Å²) in [5.74, 6) is 1.76. The van der Waals surface area contributed by atoms with Crippen LogP contribution in [0, 0.1) is 17.7 Å². The highest BCUT2D eigenvalue weighted by Gasteiger charge is 2.27. The van der Waals surface area contributed by atoms with Crippen molar-refractivity contribution in [2.24, 2.45) is 11.8 Å². The second kappa shape index (κ2) is 6.26. The van der Waals surface area contributed by atoms with Crippen molar-refractivity contribution in [2.45, 2.75) is 58.8 Å². The van der Waals surface area contributed by atoms with Gasteiger partial charge in [-0.25, -0.2) is 4.39 Å². The fourth-order valence-electron chi connectivity index (χ4n) is 2.76. The van der Waals surface area contributed by atoms with E-state index in [2.05, 4.69) is 6.92 Å². The molecular weight excluding hydrogens is 259 g/mol. The summed E-state index contributed by atoms with van der Waals surface area (Å²) in [5, 5.41) is 0.274. The van der Waals surface area contributed by atoms with E-state index in [0.29, 0.717) is 0 Å². The molecule has 106 valence electrons. The maximum absolute atomic E-state index is 13.9. The van der Waals surface area contributed by atoms with Crippen LogP contribution in [0.15, 0.2) is 12.1 Å². The van der Waals surface area contributed by atoms with Crippen molar-refractivity contribution in [3.05, 3.63) is 34.1 Å². The van der Waals surface area contributed by atoms with Crippen LogP contribution in [0.4, 0.5) is 4.39 Å². The first-order valence-corrected chi connectivity index (χ1v) is 7.84. The van der Waals surface area contributed by atoms with Gasteiger partial charge in [0.25, 0.3) is 0 Å². The number of rotatable bonds is 6. The maximum Gasteiger partial charge on any atom is 0.145 e. The van der Waals surface area contributed by atoms with Crippen LogP contribution in [-0.4, -0.2) is 0 Å². The molecule has 1 aromatic rings. The molecule has 0 aliphatic heterocycles. The molecular formula is C17H24ClF. The normalized spacial score (nSPS) is 16.9. The minimum absolute atomic E-state index is 0.183. The topological polar surface area (TPSA) is 0 Å². The minimum atomic E-state index is -0.244. The third kappa shape index (κ3) is 3.95. The Morgan fingerprint density at radius 3 is 2.53 bits per heavy atom. The predicted molar refractivity (Wildman–Crippen MR) is 80.3 cm³/mol. The molecule has 1 fully saturated rings. The van der Waals surface area contributed by atoms with E-state index in [1.54, 1.807) is 6.07 Å². The molecule has 1 aromatic carbocycles. The summed E-state index contributed by atoms with van der Waals surface area (Å²) >= 11 is 5.99.